The molecule has 0 radical (unpaired) electrons. The fourth-order valence-electron chi connectivity index (χ4n) is 6.35. The second kappa shape index (κ2) is 16.6. The van der Waals surface area contributed by atoms with Gasteiger partial charge in [0.15, 0.2) is 88.7 Å². The molecular formula is C37H11BF20N2. The van der Waals surface area contributed by atoms with Gasteiger partial charge in [-0.1, -0.05) is 30.3 Å². The molecule has 312 valence electrons. The van der Waals surface area contributed by atoms with Crippen LogP contribution in [0.5, 0.6) is 0 Å². The molecule has 0 saturated heterocycles. The van der Waals surface area contributed by atoms with Crippen molar-refractivity contribution in [2.24, 2.45) is 0 Å². The first-order valence-corrected chi connectivity index (χ1v) is 15.7. The van der Waals surface area contributed by atoms with Crippen LogP contribution in [-0.2, 0) is 6.54 Å². The molecule has 0 saturated carbocycles. The molecule has 5 aromatic carbocycles. The van der Waals surface area contributed by atoms with E-state index in [1.807, 2.05) is 47.3 Å². The fourth-order valence-corrected chi connectivity index (χ4v) is 6.35. The summed E-state index contributed by atoms with van der Waals surface area (Å²) in [5.41, 5.74) is -12.4. The summed E-state index contributed by atoms with van der Waals surface area (Å²) in [6, 6.07) is 16.0. The predicted molar refractivity (Wildman–Crippen MR) is 166 cm³/mol. The average molecular weight is 874 g/mol. The van der Waals surface area contributed by atoms with Gasteiger partial charge in [0.25, 0.3) is 0 Å². The maximum Gasteiger partial charge on any atom is 0.200 e. The number of nitriles is 1. The van der Waals surface area contributed by atoms with Gasteiger partial charge in [-0.25, -0.2) is 87.8 Å². The van der Waals surface area contributed by atoms with Crippen LogP contribution in [0.4, 0.5) is 87.8 Å². The van der Waals surface area contributed by atoms with Gasteiger partial charge >= 0.3 is 0 Å². The highest BCUT2D eigenvalue weighted by atomic mass is 19.2. The van der Waals surface area contributed by atoms with Crippen molar-refractivity contribution in [3.05, 3.63) is 182 Å². The summed E-state index contributed by atoms with van der Waals surface area (Å²) in [6.45, 7) is 0.802. The van der Waals surface area contributed by atoms with Crippen LogP contribution >= 0.6 is 0 Å². The first-order valence-electron chi connectivity index (χ1n) is 15.7. The first-order chi connectivity index (χ1) is 28.1. The van der Waals surface area contributed by atoms with Crippen LogP contribution in [0.25, 0.3) is 0 Å². The van der Waals surface area contributed by atoms with Crippen LogP contribution in [0.3, 0.4) is 0 Å². The molecule has 0 N–H and O–H groups in total. The van der Waals surface area contributed by atoms with Crippen molar-refractivity contribution in [1.82, 2.24) is 0 Å². The minimum atomic E-state index is -7.22. The van der Waals surface area contributed by atoms with E-state index in [0.717, 1.165) is 6.54 Å². The van der Waals surface area contributed by atoms with Crippen LogP contribution in [-0.4, -0.2) is 6.15 Å². The molecular weight excluding hydrogens is 863 g/mol. The normalized spacial score (nSPS) is 11.4. The molecule has 0 aliphatic carbocycles. The van der Waals surface area contributed by atoms with Gasteiger partial charge in [0.2, 0.25) is 0 Å². The molecule has 0 aliphatic rings. The molecule has 1 aromatic heterocycles. The minimum absolute atomic E-state index is 0.688. The third-order valence-corrected chi connectivity index (χ3v) is 8.90. The standard InChI is InChI=1S/C24BF20.C13H11N2/c26-5-1(6(27)14(35)21(42)13(5)34)25(2-7(28)15(36)22(43)16(37)8(2)29,3-9(30)17(38)23(44)18(39)10(3)31)4-11(32)19(40)24(45)20(41)12(4)33;14-9-13-7-4-8-15(11-13)10-12-5-2-1-3-6-12/h;1-8,11H,10H2/q-1;+1. The molecule has 0 bridgehead atoms. The quantitative estimate of drug-likeness (QED) is 0.0554. The van der Waals surface area contributed by atoms with Gasteiger partial charge < -0.3 is 0 Å². The van der Waals surface area contributed by atoms with Crippen molar-refractivity contribution >= 4 is 28.0 Å². The SMILES string of the molecule is Fc1c(F)c(F)c([B-](c2c(F)c(F)c(F)c(F)c2F)(c2c(F)c(F)c(F)c(F)c2F)c2c(F)c(F)c(F)c(F)c2F)c(F)c1F.N#Cc1ccc[n+](Cc2ccccc2)c1. The van der Waals surface area contributed by atoms with E-state index in [9.17, 15) is 52.7 Å². The smallest absolute Gasteiger partial charge is 0.200 e. The lowest BCUT2D eigenvalue weighted by Crippen LogP contribution is -2.81. The van der Waals surface area contributed by atoms with Gasteiger partial charge in [-0.05, 0) is 6.07 Å². The fraction of sp³-hybridized carbons (Fsp3) is 0.0270. The first kappa shape index (κ1) is 44.5. The van der Waals surface area contributed by atoms with Crippen molar-refractivity contribution in [2.75, 3.05) is 0 Å². The molecule has 0 unspecified atom stereocenters. The number of benzene rings is 5. The molecule has 2 nitrogen and oxygen atoms in total. The number of aromatic nitrogens is 1. The maximum atomic E-state index is 15.4. The zero-order chi connectivity index (χ0) is 44.9. The van der Waals surface area contributed by atoms with Crippen LogP contribution in [0, 0.1) is 128 Å². The number of rotatable bonds is 6. The second-order valence-electron chi connectivity index (χ2n) is 12.2. The molecule has 60 heavy (non-hydrogen) atoms. The number of hydrogen-bond donors (Lipinski definition) is 0. The second-order valence-corrected chi connectivity index (χ2v) is 12.2. The van der Waals surface area contributed by atoms with Crippen LogP contribution in [0.2, 0.25) is 0 Å². The lowest BCUT2D eigenvalue weighted by atomic mass is 9.12. The summed E-state index contributed by atoms with van der Waals surface area (Å²) in [7, 11) is 0. The Morgan fingerprint density at radius 2 is 0.633 bits per heavy atom. The Morgan fingerprint density at radius 3 is 0.900 bits per heavy atom. The van der Waals surface area contributed by atoms with E-state index in [2.05, 4.69) is 18.2 Å². The lowest BCUT2D eigenvalue weighted by molar-refractivity contribution is -0.688. The zero-order valence-corrected chi connectivity index (χ0v) is 28.4. The van der Waals surface area contributed by atoms with Crippen molar-refractivity contribution in [2.45, 2.75) is 6.54 Å². The highest BCUT2D eigenvalue weighted by Crippen LogP contribution is 2.30. The average Bonchev–Trinajstić information content (AvgIpc) is 3.24. The minimum Gasteiger partial charge on any atom is -0.207 e. The van der Waals surface area contributed by atoms with E-state index < -0.39 is 144 Å². The number of nitrogens with zero attached hydrogens (tertiary/aromatic N) is 2. The molecule has 6 rings (SSSR count). The van der Waals surface area contributed by atoms with Gasteiger partial charge in [0.1, 0.15) is 64.3 Å². The van der Waals surface area contributed by atoms with E-state index >= 15 is 35.1 Å². The summed E-state index contributed by atoms with van der Waals surface area (Å²) in [5.74, 6) is -71.4. The van der Waals surface area contributed by atoms with Gasteiger partial charge in [0, 0.05) is 11.6 Å². The molecule has 1 heterocycles. The van der Waals surface area contributed by atoms with Crippen molar-refractivity contribution < 1.29 is 92.4 Å². The van der Waals surface area contributed by atoms with E-state index in [-0.39, 0.29) is 0 Å². The summed E-state index contributed by atoms with van der Waals surface area (Å²) >= 11 is 0. The Balaban J connectivity index is 0.000000379. The maximum absolute atomic E-state index is 15.4. The summed E-state index contributed by atoms with van der Waals surface area (Å²) in [5, 5.41) is 8.76. The van der Waals surface area contributed by atoms with Crippen molar-refractivity contribution in [1.29, 1.82) is 5.26 Å². The van der Waals surface area contributed by atoms with Gasteiger partial charge in [-0.3, -0.25) is 0 Å². The van der Waals surface area contributed by atoms with Crippen LogP contribution in [0.15, 0.2) is 54.9 Å². The topological polar surface area (TPSA) is 27.7 Å². The van der Waals surface area contributed by atoms with Gasteiger partial charge in [-0.15, -0.1) is 21.9 Å². The Kier molecular flexibility index (Phi) is 12.3. The number of halogens is 20. The van der Waals surface area contributed by atoms with E-state index in [4.69, 9.17) is 5.26 Å². The van der Waals surface area contributed by atoms with Gasteiger partial charge in [0.05, 0.1) is 0 Å². The predicted octanol–water partition coefficient (Wildman–Crippen LogP) is 7.74. The molecule has 0 fully saturated rings. The Hall–Kier alpha value is -6.60. The van der Waals surface area contributed by atoms with Gasteiger partial charge in [-0.2, -0.15) is 9.83 Å². The van der Waals surface area contributed by atoms with Crippen molar-refractivity contribution in [3.8, 4) is 6.07 Å². The third-order valence-electron chi connectivity index (χ3n) is 8.90. The van der Waals surface area contributed by atoms with Crippen LogP contribution < -0.4 is 26.4 Å². The molecule has 0 amide bonds. The van der Waals surface area contributed by atoms with E-state index in [1.165, 1.54) is 5.56 Å². The van der Waals surface area contributed by atoms with E-state index in [0.29, 0.717) is 5.56 Å². The highest BCUT2D eigenvalue weighted by molar-refractivity contribution is 7.20. The Bertz CT molecular complexity index is 2370. The molecule has 0 spiro atoms. The zero-order valence-electron chi connectivity index (χ0n) is 28.4. The summed E-state index contributed by atoms with van der Waals surface area (Å²) in [4.78, 5) is 0. The molecule has 0 atom stereocenters. The molecule has 23 heteroatoms. The largest absolute Gasteiger partial charge is 0.207 e. The highest BCUT2D eigenvalue weighted by Gasteiger charge is 2.52. The number of pyridine rings is 1. The van der Waals surface area contributed by atoms with Crippen molar-refractivity contribution in [3.63, 3.8) is 0 Å². The monoisotopic (exact) mass is 874 g/mol. The van der Waals surface area contributed by atoms with E-state index in [1.54, 1.807) is 0 Å². The Morgan fingerprint density at radius 1 is 0.367 bits per heavy atom. The lowest BCUT2D eigenvalue weighted by Gasteiger charge is -2.44. The third kappa shape index (κ3) is 6.92. The summed E-state index contributed by atoms with van der Waals surface area (Å²) < 4.78 is 296. The van der Waals surface area contributed by atoms with Crippen LogP contribution in [0.1, 0.15) is 11.1 Å². The molecule has 0 aliphatic heterocycles. The molecule has 6 aromatic rings. The number of hydrogen-bond acceptors (Lipinski definition) is 1. The Labute approximate surface area is 320 Å². The summed E-state index contributed by atoms with van der Waals surface area (Å²) in [6.07, 6.45) is -3.40.